The average Bonchev–Trinajstić information content (AvgIpc) is 3.29. The number of amidine groups is 2. The van der Waals surface area contributed by atoms with E-state index in [0.29, 0.717) is 33.5 Å². The van der Waals surface area contributed by atoms with Crippen LogP contribution in [0.2, 0.25) is 5.02 Å². The summed E-state index contributed by atoms with van der Waals surface area (Å²) in [5.74, 6) is 1.77. The molecule has 6 nitrogen and oxygen atoms in total. The Morgan fingerprint density at radius 3 is 2.39 bits per heavy atom. The quantitative estimate of drug-likeness (QED) is 0.0894. The van der Waals surface area contributed by atoms with Crippen molar-refractivity contribution in [3.63, 3.8) is 0 Å². The molecule has 0 amide bonds. The predicted octanol–water partition coefficient (Wildman–Crippen LogP) is 9.24. The van der Waals surface area contributed by atoms with Crippen molar-refractivity contribution < 1.29 is 9.84 Å². The Morgan fingerprint density at radius 2 is 1.68 bits per heavy atom. The number of nitrogens with one attached hydrogen (secondary N) is 2. The molecule has 230 valence electrons. The smallest absolute Gasteiger partial charge is 0.154 e. The predicted molar refractivity (Wildman–Crippen MR) is 184 cm³/mol. The first-order chi connectivity index (χ1) is 21.1. The van der Waals surface area contributed by atoms with Gasteiger partial charge in [-0.2, -0.15) is 0 Å². The van der Waals surface area contributed by atoms with Crippen LogP contribution in [0.15, 0.2) is 71.7 Å². The van der Waals surface area contributed by atoms with Crippen LogP contribution in [-0.2, 0) is 5.41 Å². The fraction of sp³-hybridized carbons (Fsp3) is 0.351. The lowest BCUT2D eigenvalue weighted by Gasteiger charge is -2.28. The zero-order valence-electron chi connectivity index (χ0n) is 26.1. The molecule has 0 radical (unpaired) electrons. The number of hydrogen-bond donors (Lipinski definition) is 4. The van der Waals surface area contributed by atoms with Gasteiger partial charge in [0, 0.05) is 32.7 Å². The van der Waals surface area contributed by atoms with E-state index in [9.17, 15) is 5.11 Å². The molecule has 0 spiro atoms. The van der Waals surface area contributed by atoms with E-state index in [2.05, 4.69) is 50.1 Å². The average molecular weight is 611 g/mol. The van der Waals surface area contributed by atoms with Crippen LogP contribution in [0.3, 0.4) is 0 Å². The lowest BCUT2D eigenvalue weighted by Crippen LogP contribution is -2.21. The van der Waals surface area contributed by atoms with Crippen molar-refractivity contribution in [2.45, 2.75) is 77.9 Å². The molecule has 7 heteroatoms. The molecule has 1 unspecified atom stereocenters. The van der Waals surface area contributed by atoms with Crippen molar-refractivity contribution >= 4 is 34.0 Å². The lowest BCUT2D eigenvalue weighted by molar-refractivity contribution is 0.139. The van der Waals surface area contributed by atoms with Gasteiger partial charge in [-0.05, 0) is 71.6 Å². The number of rotatable bonds is 13. The van der Waals surface area contributed by atoms with Crippen LogP contribution in [0.4, 0.5) is 0 Å². The van der Waals surface area contributed by atoms with Gasteiger partial charge in [0.25, 0.3) is 0 Å². The van der Waals surface area contributed by atoms with Crippen LogP contribution in [0.25, 0.3) is 21.9 Å². The molecule has 1 aliphatic rings. The maximum absolute atomic E-state index is 10.6. The van der Waals surface area contributed by atoms with E-state index in [0.717, 1.165) is 71.7 Å². The van der Waals surface area contributed by atoms with Gasteiger partial charge >= 0.3 is 0 Å². The number of unbranched alkanes of at least 4 members (excludes halogenated alkanes) is 3. The third kappa shape index (κ3) is 6.53. The first kappa shape index (κ1) is 31.7. The normalized spacial score (nSPS) is 13.7. The van der Waals surface area contributed by atoms with Gasteiger partial charge in [-0.25, -0.2) is 4.99 Å². The number of ether oxygens (including phenoxy) is 1. The summed E-state index contributed by atoms with van der Waals surface area (Å²) in [6.45, 7) is 9.66. The van der Waals surface area contributed by atoms with E-state index in [1.54, 1.807) is 0 Å². The second-order valence-corrected chi connectivity index (χ2v) is 12.7. The Hall–Kier alpha value is -3.71. The molecule has 0 aliphatic carbocycles. The summed E-state index contributed by atoms with van der Waals surface area (Å²) in [4.78, 5) is 4.35. The number of aliphatic hydroxyl groups excluding tert-OH is 1. The van der Waals surface area contributed by atoms with Crippen molar-refractivity contribution in [1.29, 1.82) is 5.41 Å². The summed E-state index contributed by atoms with van der Waals surface area (Å²) in [6, 6.07) is 21.6. The zero-order valence-corrected chi connectivity index (χ0v) is 26.9. The van der Waals surface area contributed by atoms with Gasteiger partial charge in [-0.15, -0.1) is 0 Å². The minimum Gasteiger partial charge on any atom is -0.457 e. The highest BCUT2D eigenvalue weighted by Crippen LogP contribution is 2.47. The summed E-state index contributed by atoms with van der Waals surface area (Å²) in [6.07, 6.45) is 5.85. The molecule has 0 saturated carbocycles. The second kappa shape index (κ2) is 13.5. The number of fused-ring (bicyclic) bond motifs is 2. The molecule has 0 aromatic heterocycles. The molecular weight excluding hydrogens is 568 g/mol. The van der Waals surface area contributed by atoms with Crippen molar-refractivity contribution in [1.82, 2.24) is 5.32 Å². The standard InChI is InChI=1S/C37H43ClN4O2/c1-5-7-11-18-37(3,4)25-20-24-21-28-33(35(40)42-34(28)39)32(27-12-9-10-13-29(27)38)31(24)30(22-25)44-26-16-14-23(15-17-26)36(43)41-19-8-6-2/h9-10,12-17,20-22,36,41,43H,5-8,11,18-19H2,1-4H3,(H3,39,40,42). The fourth-order valence-corrected chi connectivity index (χ4v) is 6.17. The molecule has 5 N–H and O–H groups in total. The summed E-state index contributed by atoms with van der Waals surface area (Å²) >= 11 is 6.82. The molecule has 5 rings (SSSR count). The highest BCUT2D eigenvalue weighted by atomic mass is 35.5. The number of nitrogens with two attached hydrogens (primary N) is 1. The van der Waals surface area contributed by atoms with Crippen LogP contribution >= 0.6 is 11.6 Å². The summed E-state index contributed by atoms with van der Waals surface area (Å²) in [7, 11) is 0. The number of aliphatic hydroxyl groups is 1. The van der Waals surface area contributed by atoms with E-state index in [4.69, 9.17) is 27.5 Å². The minimum atomic E-state index is -0.740. The number of nitrogens with zero attached hydrogens (tertiary/aromatic N) is 1. The zero-order chi connectivity index (χ0) is 31.4. The largest absolute Gasteiger partial charge is 0.457 e. The topological polar surface area (TPSA) is 104 Å². The first-order valence-corrected chi connectivity index (χ1v) is 16.0. The van der Waals surface area contributed by atoms with E-state index in [1.165, 1.54) is 6.42 Å². The van der Waals surface area contributed by atoms with Gasteiger partial charge < -0.3 is 15.6 Å². The van der Waals surface area contributed by atoms with Gasteiger partial charge in [-0.3, -0.25) is 10.7 Å². The van der Waals surface area contributed by atoms with Gasteiger partial charge in [0.15, 0.2) is 5.84 Å². The van der Waals surface area contributed by atoms with Gasteiger partial charge in [0.1, 0.15) is 23.6 Å². The third-order valence-corrected chi connectivity index (χ3v) is 8.90. The monoisotopic (exact) mass is 610 g/mol. The highest BCUT2D eigenvalue weighted by Gasteiger charge is 2.30. The minimum absolute atomic E-state index is 0.105. The van der Waals surface area contributed by atoms with E-state index >= 15 is 0 Å². The van der Waals surface area contributed by atoms with Crippen molar-refractivity contribution in [3.05, 3.63) is 94.0 Å². The molecule has 4 aromatic rings. The first-order valence-electron chi connectivity index (χ1n) is 15.7. The molecule has 1 aliphatic heterocycles. The van der Waals surface area contributed by atoms with Crippen LogP contribution in [0.5, 0.6) is 11.5 Å². The molecule has 44 heavy (non-hydrogen) atoms. The summed E-state index contributed by atoms with van der Waals surface area (Å²) < 4.78 is 6.73. The Morgan fingerprint density at radius 1 is 0.955 bits per heavy atom. The van der Waals surface area contributed by atoms with Crippen molar-refractivity contribution in [3.8, 4) is 22.6 Å². The van der Waals surface area contributed by atoms with Gasteiger partial charge in [0.05, 0.1) is 0 Å². The molecular formula is C37H43ClN4O2. The Kier molecular flexibility index (Phi) is 9.74. The maximum atomic E-state index is 10.6. The molecule has 0 saturated heterocycles. The molecule has 4 aromatic carbocycles. The van der Waals surface area contributed by atoms with E-state index in [-0.39, 0.29) is 11.3 Å². The molecule has 1 atom stereocenters. The molecule has 1 heterocycles. The third-order valence-electron chi connectivity index (χ3n) is 8.57. The van der Waals surface area contributed by atoms with Crippen LogP contribution in [0, 0.1) is 5.41 Å². The Balaban J connectivity index is 1.69. The number of hydrogen-bond acceptors (Lipinski definition) is 5. The molecule has 0 bridgehead atoms. The second-order valence-electron chi connectivity index (χ2n) is 12.3. The van der Waals surface area contributed by atoms with Crippen LogP contribution in [-0.4, -0.2) is 23.3 Å². The number of benzene rings is 4. The van der Waals surface area contributed by atoms with Gasteiger partial charge in [-0.1, -0.05) is 101 Å². The van der Waals surface area contributed by atoms with Crippen LogP contribution in [0.1, 0.15) is 94.7 Å². The number of aliphatic imine (C=N–C) groups is 1. The van der Waals surface area contributed by atoms with E-state index < -0.39 is 6.23 Å². The van der Waals surface area contributed by atoms with Crippen molar-refractivity contribution in [2.24, 2.45) is 10.7 Å². The fourth-order valence-electron chi connectivity index (χ4n) is 5.94. The summed E-state index contributed by atoms with van der Waals surface area (Å²) in [5.41, 5.74) is 11.3. The van der Waals surface area contributed by atoms with E-state index in [1.807, 2.05) is 54.6 Å². The summed E-state index contributed by atoms with van der Waals surface area (Å²) in [5, 5.41) is 24.8. The SMILES string of the molecule is CCCCCC(C)(C)c1cc(Oc2ccc(C(O)NCCCC)cc2)c2c(-c3ccccc3Cl)c3c(cc2c1)C(=N)N=C3N. The molecule has 0 fully saturated rings. The number of halogens is 1. The van der Waals surface area contributed by atoms with Gasteiger partial charge in [0.2, 0.25) is 0 Å². The van der Waals surface area contributed by atoms with Crippen LogP contribution < -0.4 is 15.8 Å². The Bertz CT molecular complexity index is 1690. The van der Waals surface area contributed by atoms with Crippen molar-refractivity contribution in [2.75, 3.05) is 6.54 Å². The maximum Gasteiger partial charge on any atom is 0.154 e. The Labute approximate surface area is 265 Å². The highest BCUT2D eigenvalue weighted by molar-refractivity contribution is 6.35. The lowest BCUT2D eigenvalue weighted by atomic mass is 9.78.